The minimum Gasteiger partial charge on any atom is -0.465 e. The van der Waals surface area contributed by atoms with Crippen molar-refractivity contribution in [3.8, 4) is 21.3 Å². The smallest absolute Gasteiger partial charge is 0.368 e. The Morgan fingerprint density at radius 1 is 1.07 bits per heavy atom. The molecule has 0 saturated heterocycles. The third-order valence-electron chi connectivity index (χ3n) is 4.50. The third kappa shape index (κ3) is 3.46. The lowest BCUT2D eigenvalue weighted by molar-refractivity contribution is 0.303. The van der Waals surface area contributed by atoms with Gasteiger partial charge in [0.25, 0.3) is 5.19 Å². The summed E-state index contributed by atoms with van der Waals surface area (Å²) in [5, 5.41) is 8.31. The van der Waals surface area contributed by atoms with Crippen LogP contribution in [0.1, 0.15) is 16.7 Å². The highest BCUT2D eigenvalue weighted by atomic mass is 32.1. The summed E-state index contributed by atoms with van der Waals surface area (Å²) in [6.45, 7) is 4.32. The van der Waals surface area contributed by atoms with E-state index in [0.29, 0.717) is 10.9 Å². The molecule has 28 heavy (non-hydrogen) atoms. The van der Waals surface area contributed by atoms with Crippen molar-refractivity contribution in [1.82, 2.24) is 24.8 Å². The topological polar surface area (TPSA) is 74.8 Å². The quantitative estimate of drug-likeness (QED) is 0.520. The van der Waals surface area contributed by atoms with Gasteiger partial charge in [-0.3, -0.25) is 0 Å². The summed E-state index contributed by atoms with van der Waals surface area (Å²) in [5.41, 5.74) is 4.57. The van der Waals surface area contributed by atoms with E-state index in [1.807, 2.05) is 31.3 Å². The Labute approximate surface area is 165 Å². The van der Waals surface area contributed by atoms with E-state index < -0.39 is 0 Å². The zero-order valence-corrected chi connectivity index (χ0v) is 16.6. The maximum absolute atomic E-state index is 12.2. The normalized spacial score (nSPS) is 11.0. The Morgan fingerprint density at radius 3 is 2.57 bits per heavy atom. The van der Waals surface area contributed by atoms with Crippen LogP contribution in [-0.2, 0) is 13.7 Å². The summed E-state index contributed by atoms with van der Waals surface area (Å²) in [7, 11) is 1.57. The van der Waals surface area contributed by atoms with Gasteiger partial charge in [0.1, 0.15) is 6.61 Å². The molecule has 0 spiro atoms. The minimum atomic E-state index is -0.303. The molecular weight excluding hydrogens is 374 g/mol. The SMILES string of the molecule is Cc1ccc(-c2cnc(OCc3c(C)cccc3-n3nnn(C)c3=O)s2)cc1. The zero-order valence-electron chi connectivity index (χ0n) is 15.8. The Kier molecular flexibility index (Phi) is 4.79. The van der Waals surface area contributed by atoms with E-state index in [-0.39, 0.29) is 12.3 Å². The van der Waals surface area contributed by atoms with E-state index in [1.165, 1.54) is 26.3 Å². The van der Waals surface area contributed by atoms with Crippen molar-refractivity contribution in [3.05, 3.63) is 75.8 Å². The van der Waals surface area contributed by atoms with Crippen molar-refractivity contribution in [2.24, 2.45) is 7.05 Å². The highest BCUT2D eigenvalue weighted by Crippen LogP contribution is 2.31. The predicted octanol–water partition coefficient (Wildman–Crippen LogP) is 3.29. The molecule has 0 radical (unpaired) electrons. The number of aromatic nitrogens is 5. The van der Waals surface area contributed by atoms with Crippen LogP contribution in [0.2, 0.25) is 0 Å². The lowest BCUT2D eigenvalue weighted by Crippen LogP contribution is -2.23. The van der Waals surface area contributed by atoms with Gasteiger partial charge in [-0.1, -0.05) is 53.3 Å². The molecule has 0 amide bonds. The fourth-order valence-electron chi connectivity index (χ4n) is 2.85. The summed E-state index contributed by atoms with van der Waals surface area (Å²) in [4.78, 5) is 17.7. The number of aryl methyl sites for hydroxylation is 3. The first kappa shape index (κ1) is 18.1. The number of tetrazole rings is 1. The molecule has 8 heteroatoms. The van der Waals surface area contributed by atoms with Crippen molar-refractivity contribution < 1.29 is 4.74 Å². The second-order valence-corrected chi connectivity index (χ2v) is 7.51. The number of rotatable bonds is 5. The van der Waals surface area contributed by atoms with Gasteiger partial charge in [0.15, 0.2) is 0 Å². The van der Waals surface area contributed by atoms with Crippen molar-refractivity contribution in [3.63, 3.8) is 0 Å². The fourth-order valence-corrected chi connectivity index (χ4v) is 3.62. The van der Waals surface area contributed by atoms with Gasteiger partial charge in [-0.2, -0.15) is 9.36 Å². The molecule has 0 aliphatic heterocycles. The Hall–Kier alpha value is -3.26. The molecule has 0 unspecified atom stereocenters. The molecule has 142 valence electrons. The minimum absolute atomic E-state index is 0.284. The van der Waals surface area contributed by atoms with Crippen LogP contribution in [0.25, 0.3) is 16.1 Å². The molecular formula is C20H19N5O2S. The summed E-state index contributed by atoms with van der Waals surface area (Å²) in [5.74, 6) is 0. The average Bonchev–Trinajstić information content (AvgIpc) is 3.29. The molecule has 0 aliphatic carbocycles. The van der Waals surface area contributed by atoms with E-state index in [9.17, 15) is 4.79 Å². The average molecular weight is 393 g/mol. The Morgan fingerprint density at radius 2 is 1.86 bits per heavy atom. The molecule has 2 aromatic heterocycles. The molecule has 0 bridgehead atoms. The van der Waals surface area contributed by atoms with Crippen LogP contribution in [-0.4, -0.2) is 24.8 Å². The fraction of sp³-hybridized carbons (Fsp3) is 0.200. The van der Waals surface area contributed by atoms with E-state index in [2.05, 4.69) is 46.6 Å². The summed E-state index contributed by atoms with van der Waals surface area (Å²) in [6, 6.07) is 14.0. The van der Waals surface area contributed by atoms with E-state index >= 15 is 0 Å². The second kappa shape index (κ2) is 7.40. The highest BCUT2D eigenvalue weighted by Gasteiger charge is 2.14. The van der Waals surface area contributed by atoms with Gasteiger partial charge in [-0.15, -0.1) is 0 Å². The first-order chi connectivity index (χ1) is 13.5. The van der Waals surface area contributed by atoms with Gasteiger partial charge in [0, 0.05) is 18.8 Å². The molecule has 2 aromatic carbocycles. The molecule has 0 atom stereocenters. The maximum Gasteiger partial charge on any atom is 0.368 e. The van der Waals surface area contributed by atoms with Crippen molar-refractivity contribution in [2.45, 2.75) is 20.5 Å². The third-order valence-corrected chi connectivity index (χ3v) is 5.45. The lowest BCUT2D eigenvalue weighted by atomic mass is 10.1. The molecule has 0 fully saturated rings. The summed E-state index contributed by atoms with van der Waals surface area (Å²) >= 11 is 1.49. The Balaban J connectivity index is 1.58. The molecule has 0 saturated carbocycles. The number of hydrogen-bond acceptors (Lipinski definition) is 6. The Bertz CT molecular complexity index is 1170. The van der Waals surface area contributed by atoms with E-state index in [0.717, 1.165) is 21.6 Å². The van der Waals surface area contributed by atoms with Gasteiger partial charge in [-0.25, -0.2) is 9.78 Å². The number of ether oxygens (including phenoxy) is 1. The molecule has 7 nitrogen and oxygen atoms in total. The van der Waals surface area contributed by atoms with Gasteiger partial charge in [-0.05, 0) is 41.5 Å². The van der Waals surface area contributed by atoms with E-state index in [1.54, 1.807) is 7.05 Å². The molecule has 2 heterocycles. The van der Waals surface area contributed by atoms with Gasteiger partial charge < -0.3 is 4.74 Å². The number of hydrogen-bond donors (Lipinski definition) is 0. The van der Waals surface area contributed by atoms with Gasteiger partial charge >= 0.3 is 5.69 Å². The summed E-state index contributed by atoms with van der Waals surface area (Å²) in [6.07, 6.45) is 1.82. The largest absolute Gasteiger partial charge is 0.465 e. The number of thiazole rings is 1. The molecule has 4 aromatic rings. The summed E-state index contributed by atoms with van der Waals surface area (Å²) < 4.78 is 8.42. The van der Waals surface area contributed by atoms with Crippen LogP contribution in [0.4, 0.5) is 0 Å². The standard InChI is InChI=1S/C20H19N5O2S/c1-13-7-9-15(10-8-13)18-11-21-19(28-18)27-12-16-14(2)5-4-6-17(16)25-20(26)24(3)22-23-25/h4-11H,12H2,1-3H3. The van der Waals surface area contributed by atoms with Crippen LogP contribution in [0.5, 0.6) is 5.19 Å². The molecule has 0 aliphatic rings. The van der Waals surface area contributed by atoms with E-state index in [4.69, 9.17) is 4.74 Å². The predicted molar refractivity (Wildman–Crippen MR) is 108 cm³/mol. The second-order valence-electron chi connectivity index (χ2n) is 6.51. The zero-order chi connectivity index (χ0) is 19.7. The van der Waals surface area contributed by atoms with Crippen LogP contribution >= 0.6 is 11.3 Å². The first-order valence-electron chi connectivity index (χ1n) is 8.76. The monoisotopic (exact) mass is 393 g/mol. The first-order valence-corrected chi connectivity index (χ1v) is 9.58. The van der Waals surface area contributed by atoms with Crippen LogP contribution in [0.3, 0.4) is 0 Å². The van der Waals surface area contributed by atoms with Crippen molar-refractivity contribution >= 4 is 11.3 Å². The van der Waals surface area contributed by atoms with Crippen molar-refractivity contribution in [2.75, 3.05) is 0 Å². The number of benzene rings is 2. The van der Waals surface area contributed by atoms with Crippen LogP contribution < -0.4 is 10.4 Å². The molecule has 4 rings (SSSR count). The van der Waals surface area contributed by atoms with Crippen LogP contribution in [0, 0.1) is 13.8 Å². The highest BCUT2D eigenvalue weighted by molar-refractivity contribution is 7.16. The number of nitrogens with zero attached hydrogens (tertiary/aromatic N) is 5. The van der Waals surface area contributed by atoms with Gasteiger partial charge in [0.2, 0.25) is 0 Å². The van der Waals surface area contributed by atoms with Crippen LogP contribution in [0.15, 0.2) is 53.5 Å². The maximum atomic E-state index is 12.2. The lowest BCUT2D eigenvalue weighted by Gasteiger charge is -2.11. The molecule has 0 N–H and O–H groups in total. The van der Waals surface area contributed by atoms with Crippen molar-refractivity contribution in [1.29, 1.82) is 0 Å². The van der Waals surface area contributed by atoms with Gasteiger partial charge in [0.05, 0.1) is 10.6 Å².